The molecule has 2 N–H and O–H groups in total. The van der Waals surface area contributed by atoms with E-state index in [0.717, 1.165) is 44.9 Å². The highest BCUT2D eigenvalue weighted by molar-refractivity contribution is 5.70. The van der Waals surface area contributed by atoms with Gasteiger partial charge >= 0.3 is 11.9 Å². The maximum atomic E-state index is 11.9. The third kappa shape index (κ3) is 16.7. The van der Waals surface area contributed by atoms with Crippen LogP contribution in [0, 0.1) is 17.8 Å². The minimum Gasteiger partial charge on any atom is -0.481 e. The lowest BCUT2D eigenvalue weighted by Crippen LogP contribution is -2.27. The summed E-state index contributed by atoms with van der Waals surface area (Å²) in [7, 11) is 0. The van der Waals surface area contributed by atoms with Crippen LogP contribution in [0.25, 0.3) is 0 Å². The van der Waals surface area contributed by atoms with Crippen LogP contribution in [0.4, 0.5) is 0 Å². The average molecular weight is 427 g/mol. The summed E-state index contributed by atoms with van der Waals surface area (Å²) in [6.07, 6.45) is 19.7. The van der Waals surface area contributed by atoms with Crippen molar-refractivity contribution in [3.05, 3.63) is 0 Å². The van der Waals surface area contributed by atoms with Gasteiger partial charge in [-0.25, -0.2) is 0 Å². The molecule has 0 fully saturated rings. The van der Waals surface area contributed by atoms with E-state index in [2.05, 4.69) is 20.8 Å². The Balaban J connectivity index is 3.90. The predicted molar refractivity (Wildman–Crippen MR) is 126 cm³/mol. The van der Waals surface area contributed by atoms with Gasteiger partial charge in [-0.1, -0.05) is 111 Å². The number of carboxylic acids is 2. The van der Waals surface area contributed by atoms with Crippen molar-refractivity contribution >= 4 is 11.9 Å². The summed E-state index contributed by atoms with van der Waals surface area (Å²) in [6, 6.07) is 0. The lowest BCUT2D eigenvalue weighted by atomic mass is 9.77. The van der Waals surface area contributed by atoms with Crippen LogP contribution in [0.3, 0.4) is 0 Å². The fourth-order valence-corrected chi connectivity index (χ4v) is 4.56. The Labute approximate surface area is 186 Å². The van der Waals surface area contributed by atoms with E-state index in [1.165, 1.54) is 64.2 Å². The molecule has 0 rings (SSSR count). The summed E-state index contributed by atoms with van der Waals surface area (Å²) in [5, 5.41) is 18.4. The van der Waals surface area contributed by atoms with Crippen molar-refractivity contribution in [2.45, 2.75) is 136 Å². The van der Waals surface area contributed by atoms with Crippen LogP contribution in [0.5, 0.6) is 0 Å². The highest BCUT2D eigenvalue weighted by atomic mass is 16.4. The molecule has 178 valence electrons. The van der Waals surface area contributed by atoms with Gasteiger partial charge < -0.3 is 10.2 Å². The van der Waals surface area contributed by atoms with E-state index in [0.29, 0.717) is 18.3 Å². The van der Waals surface area contributed by atoms with Crippen molar-refractivity contribution in [1.82, 2.24) is 0 Å². The summed E-state index contributed by atoms with van der Waals surface area (Å²) in [6.45, 7) is 6.59. The summed E-state index contributed by atoms with van der Waals surface area (Å²) < 4.78 is 0. The average Bonchev–Trinajstić information content (AvgIpc) is 2.68. The number of carbonyl (C=O) groups is 2. The number of carboxylic acid groups (broad SMARTS) is 2. The normalized spacial score (nSPS) is 13.5. The monoisotopic (exact) mass is 426 g/mol. The first-order valence-corrected chi connectivity index (χ1v) is 12.8. The van der Waals surface area contributed by atoms with Crippen molar-refractivity contribution < 1.29 is 19.8 Å². The quantitative estimate of drug-likeness (QED) is 0.172. The van der Waals surface area contributed by atoms with E-state index in [1.54, 1.807) is 0 Å². The second-order valence-corrected chi connectivity index (χ2v) is 9.52. The van der Waals surface area contributed by atoms with E-state index >= 15 is 0 Å². The first kappa shape index (κ1) is 28.9. The number of hydrogen-bond acceptors (Lipinski definition) is 2. The molecule has 4 nitrogen and oxygen atoms in total. The van der Waals surface area contributed by atoms with Crippen LogP contribution >= 0.6 is 0 Å². The highest BCUT2D eigenvalue weighted by Gasteiger charge is 2.29. The molecule has 0 bridgehead atoms. The Morgan fingerprint density at radius 1 is 0.633 bits per heavy atom. The molecule has 0 aliphatic heterocycles. The van der Waals surface area contributed by atoms with Crippen LogP contribution in [0.2, 0.25) is 0 Å². The van der Waals surface area contributed by atoms with Crippen molar-refractivity contribution in [3.8, 4) is 0 Å². The SMILES string of the molecule is CCCCCCCC(C(=O)O)C(CCCCCCCCCCCCC(=O)O)C(C)C. The van der Waals surface area contributed by atoms with Crippen LogP contribution in [0.1, 0.15) is 136 Å². The Hall–Kier alpha value is -1.06. The summed E-state index contributed by atoms with van der Waals surface area (Å²) >= 11 is 0. The zero-order chi connectivity index (χ0) is 22.6. The third-order valence-electron chi connectivity index (χ3n) is 6.49. The second kappa shape index (κ2) is 19.9. The molecule has 0 aromatic carbocycles. The van der Waals surface area contributed by atoms with E-state index in [9.17, 15) is 14.7 Å². The van der Waals surface area contributed by atoms with Crippen molar-refractivity contribution in [2.24, 2.45) is 17.8 Å². The molecule has 0 saturated carbocycles. The zero-order valence-electron chi connectivity index (χ0n) is 20.2. The fraction of sp³-hybridized carbons (Fsp3) is 0.923. The molecule has 0 radical (unpaired) electrons. The molecule has 4 heteroatoms. The Bertz CT molecular complexity index is 419. The number of aliphatic carboxylic acids is 2. The van der Waals surface area contributed by atoms with E-state index < -0.39 is 11.9 Å². The fourth-order valence-electron chi connectivity index (χ4n) is 4.56. The van der Waals surface area contributed by atoms with Crippen molar-refractivity contribution in [3.63, 3.8) is 0 Å². The molecule has 30 heavy (non-hydrogen) atoms. The third-order valence-corrected chi connectivity index (χ3v) is 6.49. The van der Waals surface area contributed by atoms with Crippen LogP contribution in [-0.2, 0) is 9.59 Å². The number of unbranched alkanes of at least 4 members (excludes halogenated alkanes) is 13. The van der Waals surface area contributed by atoms with Gasteiger partial charge in [0, 0.05) is 6.42 Å². The van der Waals surface area contributed by atoms with Crippen molar-refractivity contribution in [1.29, 1.82) is 0 Å². The van der Waals surface area contributed by atoms with Gasteiger partial charge in [0.25, 0.3) is 0 Å². The second-order valence-electron chi connectivity index (χ2n) is 9.52. The summed E-state index contributed by atoms with van der Waals surface area (Å²) in [4.78, 5) is 22.3. The number of hydrogen-bond donors (Lipinski definition) is 2. The van der Waals surface area contributed by atoms with Gasteiger partial charge in [0.2, 0.25) is 0 Å². The Morgan fingerprint density at radius 3 is 1.50 bits per heavy atom. The molecule has 2 atom stereocenters. The topological polar surface area (TPSA) is 74.6 Å². The van der Waals surface area contributed by atoms with E-state index in [1.807, 2.05) is 0 Å². The standard InChI is InChI=1S/C26H50O4/c1-4-5-6-13-17-20-24(26(29)30)23(22(2)3)19-16-14-11-9-7-8-10-12-15-18-21-25(27)28/h22-24H,4-21H2,1-3H3,(H,27,28)(H,29,30). The maximum absolute atomic E-state index is 11.9. The zero-order valence-corrected chi connectivity index (χ0v) is 20.2. The minimum absolute atomic E-state index is 0.173. The van der Waals surface area contributed by atoms with Gasteiger partial charge in [0.05, 0.1) is 5.92 Å². The summed E-state index contributed by atoms with van der Waals surface area (Å²) in [5.41, 5.74) is 0. The Kier molecular flexibility index (Phi) is 19.2. The van der Waals surface area contributed by atoms with Gasteiger partial charge in [-0.3, -0.25) is 9.59 Å². The molecule has 0 aliphatic rings. The van der Waals surface area contributed by atoms with Crippen LogP contribution in [0.15, 0.2) is 0 Å². The molecule has 0 aromatic rings. The van der Waals surface area contributed by atoms with Crippen LogP contribution < -0.4 is 0 Å². The molecule has 2 unspecified atom stereocenters. The molecule has 0 aromatic heterocycles. The molecule has 0 spiro atoms. The smallest absolute Gasteiger partial charge is 0.306 e. The van der Waals surface area contributed by atoms with Gasteiger partial charge in [0.15, 0.2) is 0 Å². The molecule has 0 saturated heterocycles. The Morgan fingerprint density at radius 2 is 1.07 bits per heavy atom. The molecular weight excluding hydrogens is 376 g/mol. The van der Waals surface area contributed by atoms with Gasteiger partial charge in [-0.05, 0) is 31.1 Å². The highest BCUT2D eigenvalue weighted by Crippen LogP contribution is 2.31. The predicted octanol–water partition coefficient (Wildman–Crippen LogP) is 8.09. The lowest BCUT2D eigenvalue weighted by molar-refractivity contribution is -0.145. The molecule has 0 amide bonds. The van der Waals surface area contributed by atoms with Gasteiger partial charge in [-0.2, -0.15) is 0 Å². The largest absolute Gasteiger partial charge is 0.481 e. The van der Waals surface area contributed by atoms with Gasteiger partial charge in [0.1, 0.15) is 0 Å². The molecular formula is C26H50O4. The molecule has 0 aliphatic carbocycles. The maximum Gasteiger partial charge on any atom is 0.306 e. The minimum atomic E-state index is -0.684. The van der Waals surface area contributed by atoms with Gasteiger partial charge in [-0.15, -0.1) is 0 Å². The summed E-state index contributed by atoms with van der Waals surface area (Å²) in [5.74, 6) is -0.709. The first-order chi connectivity index (χ1) is 14.4. The van der Waals surface area contributed by atoms with Crippen molar-refractivity contribution in [2.75, 3.05) is 0 Å². The molecule has 0 heterocycles. The first-order valence-electron chi connectivity index (χ1n) is 12.8. The lowest BCUT2D eigenvalue weighted by Gasteiger charge is -2.27. The number of rotatable bonds is 22. The van der Waals surface area contributed by atoms with E-state index in [-0.39, 0.29) is 5.92 Å². The van der Waals surface area contributed by atoms with Crippen LogP contribution in [-0.4, -0.2) is 22.2 Å². The van der Waals surface area contributed by atoms with E-state index in [4.69, 9.17) is 5.11 Å².